The van der Waals surface area contributed by atoms with Crippen LogP contribution in [0.3, 0.4) is 0 Å². The molecule has 0 spiro atoms. The average molecular weight is 417 g/mol. The average Bonchev–Trinajstić information content (AvgIpc) is 3.28. The van der Waals surface area contributed by atoms with E-state index in [4.69, 9.17) is 4.74 Å². The van der Waals surface area contributed by atoms with E-state index in [1.807, 2.05) is 0 Å². The summed E-state index contributed by atoms with van der Waals surface area (Å²) in [7, 11) is -2.10. The van der Waals surface area contributed by atoms with Crippen molar-refractivity contribution < 1.29 is 23.1 Å². The molecule has 8 nitrogen and oxygen atoms in total. The number of carbonyl (C=O) groups excluding carboxylic acids is 1. The Balaban J connectivity index is 1.78. The maximum atomic E-state index is 12.7. The van der Waals surface area contributed by atoms with Crippen molar-refractivity contribution in [2.24, 2.45) is 5.10 Å². The predicted molar refractivity (Wildman–Crippen MR) is 109 cm³/mol. The quantitative estimate of drug-likeness (QED) is 0.554. The number of phenols is 1. The first-order valence-electron chi connectivity index (χ1n) is 9.15. The zero-order valence-electron chi connectivity index (χ0n) is 16.3. The first kappa shape index (κ1) is 20.8. The third-order valence-electron chi connectivity index (χ3n) is 4.72. The molecule has 0 bridgehead atoms. The Morgan fingerprint density at radius 1 is 1.17 bits per heavy atom. The van der Waals surface area contributed by atoms with Crippen LogP contribution in [0, 0.1) is 0 Å². The van der Waals surface area contributed by atoms with Crippen molar-refractivity contribution in [3.63, 3.8) is 0 Å². The summed E-state index contributed by atoms with van der Waals surface area (Å²) in [6.45, 7) is 2.61. The molecule has 2 aromatic rings. The molecule has 29 heavy (non-hydrogen) atoms. The van der Waals surface area contributed by atoms with Crippen molar-refractivity contribution in [2.75, 3.05) is 20.2 Å². The van der Waals surface area contributed by atoms with Crippen LogP contribution >= 0.6 is 0 Å². The number of amides is 1. The van der Waals surface area contributed by atoms with Crippen LogP contribution in [0.25, 0.3) is 0 Å². The van der Waals surface area contributed by atoms with Gasteiger partial charge >= 0.3 is 0 Å². The summed E-state index contributed by atoms with van der Waals surface area (Å²) in [6.07, 6.45) is 1.68. The molecule has 3 rings (SSSR count). The number of benzene rings is 2. The Hall–Kier alpha value is -2.91. The zero-order valence-corrected chi connectivity index (χ0v) is 17.1. The molecule has 0 aromatic heterocycles. The fourth-order valence-electron chi connectivity index (χ4n) is 3.07. The molecule has 2 aromatic carbocycles. The standard InChI is InChI=1S/C20H23N3O5S/c1-14(18-13-16(28-2)8-9-19(18)24)21-22-20(25)15-6-5-7-17(12-15)29(26,27)23-10-3-4-11-23/h5-9,12-13,24H,3-4,10-11H2,1-2H3,(H,22,25)/b21-14+. The van der Waals surface area contributed by atoms with Gasteiger partial charge in [-0.2, -0.15) is 9.41 Å². The van der Waals surface area contributed by atoms with E-state index in [9.17, 15) is 18.3 Å². The number of sulfonamides is 1. The maximum Gasteiger partial charge on any atom is 0.271 e. The maximum absolute atomic E-state index is 12.7. The minimum atomic E-state index is -3.61. The van der Waals surface area contributed by atoms with E-state index in [0.29, 0.717) is 30.1 Å². The van der Waals surface area contributed by atoms with E-state index in [1.165, 1.54) is 41.7 Å². The highest BCUT2D eigenvalue weighted by Crippen LogP contribution is 2.24. The minimum absolute atomic E-state index is 0.00000268. The third kappa shape index (κ3) is 4.57. The molecule has 154 valence electrons. The molecule has 0 radical (unpaired) electrons. The topological polar surface area (TPSA) is 108 Å². The van der Waals surface area contributed by atoms with Crippen molar-refractivity contribution in [3.8, 4) is 11.5 Å². The van der Waals surface area contributed by atoms with Gasteiger partial charge in [-0.05, 0) is 56.2 Å². The van der Waals surface area contributed by atoms with Gasteiger partial charge < -0.3 is 9.84 Å². The van der Waals surface area contributed by atoms with Crippen LogP contribution in [-0.2, 0) is 10.0 Å². The summed E-state index contributed by atoms with van der Waals surface area (Å²) in [5, 5.41) is 14.0. The van der Waals surface area contributed by atoms with Crippen LogP contribution in [-0.4, -0.2) is 49.6 Å². The highest BCUT2D eigenvalue weighted by atomic mass is 32.2. The molecule has 0 unspecified atom stereocenters. The van der Waals surface area contributed by atoms with Gasteiger partial charge in [0.15, 0.2) is 0 Å². The van der Waals surface area contributed by atoms with Gasteiger partial charge in [0.1, 0.15) is 11.5 Å². The van der Waals surface area contributed by atoms with Crippen LogP contribution in [0.15, 0.2) is 52.5 Å². The number of nitrogens with one attached hydrogen (secondary N) is 1. The highest BCUT2D eigenvalue weighted by Gasteiger charge is 2.27. The van der Waals surface area contributed by atoms with Gasteiger partial charge in [-0.15, -0.1) is 0 Å². The van der Waals surface area contributed by atoms with E-state index in [-0.39, 0.29) is 16.2 Å². The number of hydrazone groups is 1. The Morgan fingerprint density at radius 2 is 1.90 bits per heavy atom. The van der Waals surface area contributed by atoms with Gasteiger partial charge in [0.25, 0.3) is 5.91 Å². The van der Waals surface area contributed by atoms with Crippen molar-refractivity contribution in [3.05, 3.63) is 53.6 Å². The Labute approximate surface area is 169 Å². The number of hydrogen-bond donors (Lipinski definition) is 2. The van der Waals surface area contributed by atoms with E-state index < -0.39 is 15.9 Å². The molecule has 1 saturated heterocycles. The van der Waals surface area contributed by atoms with Gasteiger partial charge in [0.2, 0.25) is 10.0 Å². The van der Waals surface area contributed by atoms with Crippen LogP contribution in [0.5, 0.6) is 11.5 Å². The second kappa shape index (κ2) is 8.62. The monoisotopic (exact) mass is 417 g/mol. The SMILES string of the molecule is COc1ccc(O)c(/C(C)=N/NC(=O)c2cccc(S(=O)(=O)N3CCCC3)c2)c1. The van der Waals surface area contributed by atoms with Crippen LogP contribution < -0.4 is 10.2 Å². The lowest BCUT2D eigenvalue weighted by molar-refractivity contribution is 0.0954. The number of carbonyl (C=O) groups is 1. The zero-order chi connectivity index (χ0) is 21.0. The molecule has 1 amide bonds. The summed E-state index contributed by atoms with van der Waals surface area (Å²) in [5.41, 5.74) is 3.36. The second-order valence-electron chi connectivity index (χ2n) is 6.66. The second-order valence-corrected chi connectivity index (χ2v) is 8.60. The first-order chi connectivity index (χ1) is 13.8. The van der Waals surface area contributed by atoms with Crippen molar-refractivity contribution in [2.45, 2.75) is 24.7 Å². The van der Waals surface area contributed by atoms with Crippen LogP contribution in [0.1, 0.15) is 35.7 Å². The summed E-state index contributed by atoms with van der Waals surface area (Å²) < 4.78 is 31.9. The van der Waals surface area contributed by atoms with Gasteiger partial charge in [0.05, 0.1) is 17.7 Å². The predicted octanol–water partition coefficient (Wildman–Crippen LogP) is 2.34. The Kier molecular flexibility index (Phi) is 6.19. The van der Waals surface area contributed by atoms with Gasteiger partial charge in [-0.25, -0.2) is 13.8 Å². The molecule has 0 atom stereocenters. The molecule has 1 aliphatic heterocycles. The lowest BCUT2D eigenvalue weighted by atomic mass is 10.1. The Morgan fingerprint density at radius 3 is 2.59 bits per heavy atom. The summed E-state index contributed by atoms with van der Waals surface area (Å²) >= 11 is 0. The van der Waals surface area contributed by atoms with Gasteiger partial charge in [-0.1, -0.05) is 6.07 Å². The largest absolute Gasteiger partial charge is 0.507 e. The lowest BCUT2D eigenvalue weighted by Crippen LogP contribution is -2.28. The van der Waals surface area contributed by atoms with Gasteiger partial charge in [0, 0.05) is 24.2 Å². The van der Waals surface area contributed by atoms with E-state index in [2.05, 4.69) is 10.5 Å². The number of nitrogens with zero attached hydrogens (tertiary/aromatic N) is 2. The molecular formula is C20H23N3O5S. The number of ether oxygens (including phenoxy) is 1. The smallest absolute Gasteiger partial charge is 0.271 e. The lowest BCUT2D eigenvalue weighted by Gasteiger charge is -2.15. The molecule has 2 N–H and O–H groups in total. The first-order valence-corrected chi connectivity index (χ1v) is 10.6. The van der Waals surface area contributed by atoms with Crippen LogP contribution in [0.2, 0.25) is 0 Å². The fraction of sp³-hybridized carbons (Fsp3) is 0.300. The molecule has 0 saturated carbocycles. The molecular weight excluding hydrogens is 394 g/mol. The molecule has 1 heterocycles. The summed E-state index contributed by atoms with van der Waals surface area (Å²) in [5.74, 6) is -0.0105. The summed E-state index contributed by atoms with van der Waals surface area (Å²) in [6, 6.07) is 10.6. The third-order valence-corrected chi connectivity index (χ3v) is 6.61. The van der Waals surface area contributed by atoms with Crippen molar-refractivity contribution >= 4 is 21.6 Å². The van der Waals surface area contributed by atoms with E-state index in [1.54, 1.807) is 19.1 Å². The number of methoxy groups -OCH3 is 1. The minimum Gasteiger partial charge on any atom is -0.507 e. The van der Waals surface area contributed by atoms with Gasteiger partial charge in [-0.3, -0.25) is 4.79 Å². The number of aromatic hydroxyl groups is 1. The van der Waals surface area contributed by atoms with E-state index in [0.717, 1.165) is 12.8 Å². The number of phenolic OH excluding ortho intramolecular Hbond substituents is 1. The van der Waals surface area contributed by atoms with Crippen LogP contribution in [0.4, 0.5) is 0 Å². The fourth-order valence-corrected chi connectivity index (χ4v) is 4.63. The van der Waals surface area contributed by atoms with Crippen molar-refractivity contribution in [1.29, 1.82) is 0 Å². The molecule has 1 aliphatic rings. The number of hydrogen-bond acceptors (Lipinski definition) is 6. The molecule has 1 fully saturated rings. The Bertz CT molecular complexity index is 1040. The number of rotatable bonds is 6. The molecule has 9 heteroatoms. The summed E-state index contributed by atoms with van der Waals surface area (Å²) in [4.78, 5) is 12.6. The highest BCUT2D eigenvalue weighted by molar-refractivity contribution is 7.89. The van der Waals surface area contributed by atoms with Crippen molar-refractivity contribution in [1.82, 2.24) is 9.73 Å². The van der Waals surface area contributed by atoms with E-state index >= 15 is 0 Å². The molecule has 0 aliphatic carbocycles. The normalized spacial score (nSPS) is 15.3.